The second kappa shape index (κ2) is 3.81. The van der Waals surface area contributed by atoms with Gasteiger partial charge in [-0.25, -0.2) is 0 Å². The van der Waals surface area contributed by atoms with Gasteiger partial charge in [-0.05, 0) is 0 Å². The number of rotatable bonds is 2. The summed E-state index contributed by atoms with van der Waals surface area (Å²) in [4.78, 5) is 10.6. The van der Waals surface area contributed by atoms with Crippen LogP contribution in [0.25, 0.3) is 0 Å². The zero-order valence-electron chi connectivity index (χ0n) is 7.10. The Bertz CT molecular complexity index is 350. The third-order valence-corrected chi connectivity index (χ3v) is 4.81. The number of benzene rings is 1. The Morgan fingerprint density at radius 3 is 2.38 bits per heavy atom. The molecule has 0 spiro atoms. The number of carbonyl (C=O) groups is 1. The summed E-state index contributed by atoms with van der Waals surface area (Å²) in [6, 6.07) is 8.10. The monoisotopic (exact) mass is 243 g/mol. The molecule has 0 fully saturated rings. The van der Waals surface area contributed by atoms with E-state index in [1.165, 1.54) is 19.1 Å². The molecule has 0 saturated heterocycles. The zero-order chi connectivity index (χ0) is 9.90. The topological polar surface area (TPSA) is 66.4 Å². The minimum atomic E-state index is -4.34. The average Bonchev–Trinajstić information content (AvgIpc) is 2.04. The normalized spacial score (nSPS) is 14.6. The van der Waals surface area contributed by atoms with Gasteiger partial charge in [0.15, 0.2) is 0 Å². The van der Waals surface area contributed by atoms with Crippen LogP contribution in [0.1, 0.15) is 6.92 Å². The number of hydrogen-bond acceptors (Lipinski definition) is 2. The van der Waals surface area contributed by atoms with Crippen LogP contribution in [-0.4, -0.2) is 24.1 Å². The van der Waals surface area contributed by atoms with Crippen molar-refractivity contribution in [3.8, 4) is 0 Å². The molecule has 0 bridgehead atoms. The number of nitrogens with one attached hydrogen (secondary N) is 1. The second-order valence-electron chi connectivity index (χ2n) is 2.58. The molecule has 0 radical (unpaired) electrons. The van der Waals surface area contributed by atoms with Gasteiger partial charge in [-0.2, -0.15) is 0 Å². The van der Waals surface area contributed by atoms with Crippen molar-refractivity contribution in [2.45, 2.75) is 6.92 Å². The predicted octanol–water partition coefficient (Wildman–Crippen LogP) is -0.609. The fraction of sp³-hybridized carbons (Fsp3) is 0.125. The van der Waals surface area contributed by atoms with Crippen LogP contribution in [0.15, 0.2) is 30.3 Å². The molecule has 0 aliphatic rings. The van der Waals surface area contributed by atoms with E-state index < -0.39 is 20.0 Å². The number of amides is 1. The van der Waals surface area contributed by atoms with Crippen LogP contribution in [0.2, 0.25) is 0 Å². The van der Waals surface area contributed by atoms with E-state index in [4.69, 9.17) is 0 Å². The molecular formula is C8H10AsNO3. The van der Waals surface area contributed by atoms with E-state index in [0.717, 1.165) is 0 Å². The zero-order valence-corrected chi connectivity index (χ0v) is 8.97. The van der Waals surface area contributed by atoms with Crippen LogP contribution in [0.5, 0.6) is 0 Å². The van der Waals surface area contributed by atoms with Crippen molar-refractivity contribution in [2.75, 3.05) is 0 Å². The summed E-state index contributed by atoms with van der Waals surface area (Å²) < 4.78 is 23.3. The first-order valence-electron chi connectivity index (χ1n) is 3.69. The fourth-order valence-corrected chi connectivity index (χ4v) is 3.28. The first-order chi connectivity index (χ1) is 6.02. The number of carbonyl (C=O) groups excluding carboxylic acids is 1. The van der Waals surface area contributed by atoms with Crippen LogP contribution in [0.4, 0.5) is 0 Å². The van der Waals surface area contributed by atoms with Gasteiger partial charge in [-0.15, -0.1) is 0 Å². The summed E-state index contributed by atoms with van der Waals surface area (Å²) in [7, 11) is 0. The Balaban J connectivity index is 2.95. The molecule has 0 aliphatic heterocycles. The van der Waals surface area contributed by atoms with Gasteiger partial charge in [0.1, 0.15) is 0 Å². The van der Waals surface area contributed by atoms with Gasteiger partial charge in [0.2, 0.25) is 0 Å². The molecule has 1 atom stereocenters. The molecule has 1 aromatic rings. The Morgan fingerprint density at radius 2 is 1.92 bits per heavy atom. The van der Waals surface area contributed by atoms with Crippen LogP contribution in [0, 0.1) is 0 Å². The molecule has 13 heavy (non-hydrogen) atoms. The van der Waals surface area contributed by atoms with Gasteiger partial charge in [0, 0.05) is 0 Å². The summed E-state index contributed by atoms with van der Waals surface area (Å²) in [6.45, 7) is 1.22. The Morgan fingerprint density at radius 1 is 1.38 bits per heavy atom. The van der Waals surface area contributed by atoms with Crippen LogP contribution < -0.4 is 8.58 Å². The summed E-state index contributed by atoms with van der Waals surface area (Å²) >= 11 is -4.34. The van der Waals surface area contributed by atoms with E-state index in [0.29, 0.717) is 0 Å². The van der Waals surface area contributed by atoms with Crippen molar-refractivity contribution in [1.29, 1.82) is 0 Å². The van der Waals surface area contributed by atoms with Crippen molar-refractivity contribution in [3.05, 3.63) is 30.3 Å². The van der Waals surface area contributed by atoms with Crippen molar-refractivity contribution >= 4 is 24.3 Å². The van der Waals surface area contributed by atoms with Gasteiger partial charge >= 0.3 is 78.4 Å². The van der Waals surface area contributed by atoms with Crippen molar-refractivity contribution in [2.24, 2.45) is 0 Å². The molecule has 0 aromatic heterocycles. The molecule has 5 heteroatoms. The predicted molar refractivity (Wildman–Crippen MR) is 48.6 cm³/mol. The van der Waals surface area contributed by atoms with Crippen LogP contribution in [0.3, 0.4) is 0 Å². The van der Waals surface area contributed by atoms with E-state index in [1.807, 2.05) is 0 Å². The summed E-state index contributed by atoms with van der Waals surface area (Å²) in [5, 5.41) is 0. The molecule has 0 aliphatic carbocycles. The minimum absolute atomic E-state index is 0.288. The first kappa shape index (κ1) is 10.1. The Kier molecular flexibility index (Phi) is 2.96. The summed E-state index contributed by atoms with van der Waals surface area (Å²) in [5.74, 6) is -0.492. The van der Waals surface area contributed by atoms with Gasteiger partial charge in [0.25, 0.3) is 0 Å². The molecule has 1 unspecified atom stereocenters. The van der Waals surface area contributed by atoms with E-state index >= 15 is 0 Å². The molecule has 0 heterocycles. The third-order valence-electron chi connectivity index (χ3n) is 1.42. The van der Waals surface area contributed by atoms with Crippen molar-refractivity contribution in [3.63, 3.8) is 0 Å². The fourth-order valence-electron chi connectivity index (χ4n) is 0.908. The molecule has 1 amide bonds. The average molecular weight is 243 g/mol. The molecule has 4 nitrogen and oxygen atoms in total. The molecular weight excluding hydrogens is 233 g/mol. The van der Waals surface area contributed by atoms with Crippen molar-refractivity contribution < 1.29 is 12.6 Å². The second-order valence-corrected chi connectivity index (χ2v) is 6.55. The Hall–Kier alpha value is -0.992. The van der Waals surface area contributed by atoms with Gasteiger partial charge in [-0.1, -0.05) is 0 Å². The third kappa shape index (κ3) is 2.75. The first-order valence-corrected chi connectivity index (χ1v) is 7.18. The Labute approximate surface area is 78.8 Å². The van der Waals surface area contributed by atoms with E-state index in [1.54, 1.807) is 18.2 Å². The summed E-state index contributed by atoms with van der Waals surface area (Å²) in [6.07, 6.45) is 0. The standard InChI is InChI=1S/C8H10AsNO3/c1-7(11)10-9(12,13)8-5-3-2-4-6-8/h2-6H,1H3,(H2,10,11,12,13). The summed E-state index contributed by atoms with van der Waals surface area (Å²) in [5.41, 5.74) is 0. The molecule has 70 valence electrons. The molecule has 2 N–H and O–H groups in total. The van der Waals surface area contributed by atoms with Crippen LogP contribution in [-0.2, 0) is 8.53 Å². The van der Waals surface area contributed by atoms with Gasteiger partial charge in [-0.3, -0.25) is 0 Å². The maximum absolute atomic E-state index is 11.5. The van der Waals surface area contributed by atoms with E-state index in [-0.39, 0.29) is 4.35 Å². The maximum atomic E-state index is 11.5. The number of hydrogen-bond donors (Lipinski definition) is 2. The van der Waals surface area contributed by atoms with Crippen molar-refractivity contribution in [1.82, 2.24) is 4.23 Å². The van der Waals surface area contributed by atoms with E-state index in [2.05, 4.69) is 4.23 Å². The van der Waals surface area contributed by atoms with Gasteiger partial charge in [0.05, 0.1) is 0 Å². The quantitative estimate of drug-likeness (QED) is 0.681. The molecule has 0 saturated carbocycles. The van der Waals surface area contributed by atoms with Gasteiger partial charge < -0.3 is 0 Å². The van der Waals surface area contributed by atoms with Crippen LogP contribution >= 0.6 is 0 Å². The molecule has 1 rings (SSSR count). The molecule has 1 aromatic carbocycles. The SMILES string of the molecule is CC(=O)N[As](=O)(O)c1ccccc1. The van der Waals surface area contributed by atoms with E-state index in [9.17, 15) is 12.6 Å².